The van der Waals surface area contributed by atoms with Crippen molar-refractivity contribution in [1.29, 1.82) is 0 Å². The smallest absolute Gasteiger partial charge is 0.233 e. The molecule has 1 N–H and O–H groups in total. The van der Waals surface area contributed by atoms with E-state index in [4.69, 9.17) is 4.74 Å². The van der Waals surface area contributed by atoms with Crippen LogP contribution in [0.3, 0.4) is 0 Å². The summed E-state index contributed by atoms with van der Waals surface area (Å²) in [6, 6.07) is 11.0. The van der Waals surface area contributed by atoms with Crippen LogP contribution in [-0.4, -0.2) is 68.8 Å². The molecule has 4 rings (SSSR count). The average Bonchev–Trinajstić information content (AvgIpc) is 3.25. The summed E-state index contributed by atoms with van der Waals surface area (Å²) in [6.07, 6.45) is 6.09. The number of aromatic nitrogens is 3. The van der Waals surface area contributed by atoms with Crippen LogP contribution in [0.2, 0.25) is 0 Å². The highest BCUT2D eigenvalue weighted by molar-refractivity contribution is 5.29. The van der Waals surface area contributed by atoms with Gasteiger partial charge in [0.1, 0.15) is 11.6 Å². The van der Waals surface area contributed by atoms with E-state index in [1.165, 1.54) is 13.2 Å². The summed E-state index contributed by atoms with van der Waals surface area (Å²) in [5.74, 6) is 0.914. The van der Waals surface area contributed by atoms with Gasteiger partial charge in [0.15, 0.2) is 0 Å². The Morgan fingerprint density at radius 1 is 1.13 bits per heavy atom. The van der Waals surface area contributed by atoms with Crippen molar-refractivity contribution in [3.63, 3.8) is 0 Å². The van der Waals surface area contributed by atoms with E-state index in [1.807, 2.05) is 16.8 Å². The number of piperazine rings is 1. The van der Waals surface area contributed by atoms with Gasteiger partial charge in [0, 0.05) is 81.3 Å². The SMILES string of the molecule is COc1ccc(CN2CCN(Cc3cccn3-c3ncccn3)CC2CCO)c(F)c1. The van der Waals surface area contributed by atoms with Crippen LogP contribution in [-0.2, 0) is 13.1 Å². The zero-order chi connectivity index (χ0) is 21.6. The third kappa shape index (κ3) is 5.10. The number of aliphatic hydroxyl groups excluding tert-OH is 1. The molecule has 8 heteroatoms. The maximum absolute atomic E-state index is 14.5. The van der Waals surface area contributed by atoms with E-state index < -0.39 is 0 Å². The quantitative estimate of drug-likeness (QED) is 0.598. The summed E-state index contributed by atoms with van der Waals surface area (Å²) in [7, 11) is 1.53. The molecule has 3 heterocycles. The van der Waals surface area contributed by atoms with E-state index in [0.717, 1.165) is 31.9 Å². The molecule has 0 amide bonds. The number of hydrogen-bond donors (Lipinski definition) is 1. The van der Waals surface area contributed by atoms with Crippen LogP contribution >= 0.6 is 0 Å². The maximum atomic E-state index is 14.5. The molecule has 3 aromatic rings. The summed E-state index contributed by atoms with van der Waals surface area (Å²) in [6.45, 7) is 3.85. The van der Waals surface area contributed by atoms with Gasteiger partial charge < -0.3 is 9.84 Å². The Labute approximate surface area is 181 Å². The van der Waals surface area contributed by atoms with Gasteiger partial charge in [-0.3, -0.25) is 14.4 Å². The molecule has 0 saturated carbocycles. The minimum absolute atomic E-state index is 0.105. The number of nitrogens with zero attached hydrogens (tertiary/aromatic N) is 5. The number of rotatable bonds is 8. The van der Waals surface area contributed by atoms with E-state index in [-0.39, 0.29) is 18.5 Å². The Morgan fingerprint density at radius 2 is 1.97 bits per heavy atom. The van der Waals surface area contributed by atoms with Gasteiger partial charge in [-0.1, -0.05) is 6.07 Å². The topological polar surface area (TPSA) is 66.7 Å². The highest BCUT2D eigenvalue weighted by atomic mass is 19.1. The molecule has 0 radical (unpaired) electrons. The molecule has 1 saturated heterocycles. The first kappa shape index (κ1) is 21.4. The number of benzene rings is 1. The Balaban J connectivity index is 1.44. The van der Waals surface area contributed by atoms with Crippen molar-refractivity contribution in [2.75, 3.05) is 33.4 Å². The maximum Gasteiger partial charge on any atom is 0.233 e. The second-order valence-corrected chi connectivity index (χ2v) is 7.75. The molecule has 1 aliphatic rings. The third-order valence-electron chi connectivity index (χ3n) is 5.77. The third-order valence-corrected chi connectivity index (χ3v) is 5.77. The first-order valence-corrected chi connectivity index (χ1v) is 10.5. The van der Waals surface area contributed by atoms with Crippen LogP contribution in [0.15, 0.2) is 55.0 Å². The van der Waals surface area contributed by atoms with Crippen LogP contribution in [0.4, 0.5) is 4.39 Å². The summed E-state index contributed by atoms with van der Waals surface area (Å²) < 4.78 is 21.6. The van der Waals surface area contributed by atoms with E-state index >= 15 is 0 Å². The summed E-state index contributed by atoms with van der Waals surface area (Å²) in [5, 5.41) is 9.60. The van der Waals surface area contributed by atoms with Crippen LogP contribution < -0.4 is 4.74 Å². The monoisotopic (exact) mass is 425 g/mol. The Morgan fingerprint density at radius 3 is 2.71 bits per heavy atom. The molecule has 1 fully saturated rings. The van der Waals surface area contributed by atoms with Crippen molar-refractivity contribution in [1.82, 2.24) is 24.3 Å². The Bertz CT molecular complexity index is 981. The van der Waals surface area contributed by atoms with Gasteiger partial charge in [0.05, 0.1) is 7.11 Å². The molecule has 1 aromatic carbocycles. The fourth-order valence-corrected chi connectivity index (χ4v) is 4.12. The zero-order valence-electron chi connectivity index (χ0n) is 17.7. The number of ether oxygens (including phenoxy) is 1. The normalized spacial score (nSPS) is 17.7. The van der Waals surface area contributed by atoms with Crippen molar-refractivity contribution >= 4 is 0 Å². The molecule has 1 aliphatic heterocycles. The lowest BCUT2D eigenvalue weighted by atomic mass is 10.1. The lowest BCUT2D eigenvalue weighted by Gasteiger charge is -2.41. The lowest BCUT2D eigenvalue weighted by molar-refractivity contribution is 0.0485. The minimum atomic E-state index is -0.259. The number of methoxy groups -OCH3 is 1. The summed E-state index contributed by atoms with van der Waals surface area (Å²) in [5.41, 5.74) is 1.76. The molecule has 31 heavy (non-hydrogen) atoms. The molecular weight excluding hydrogens is 397 g/mol. The fraction of sp³-hybridized carbons (Fsp3) is 0.391. The predicted molar refractivity (Wildman–Crippen MR) is 115 cm³/mol. The van der Waals surface area contributed by atoms with Gasteiger partial charge in [-0.2, -0.15) is 0 Å². The first-order valence-electron chi connectivity index (χ1n) is 10.5. The minimum Gasteiger partial charge on any atom is -0.497 e. The molecule has 1 unspecified atom stereocenters. The standard InChI is InChI=1S/C23H28FN5O2/c1-31-21-6-5-18(22(24)14-21)15-28-12-11-27(16-19(28)7-13-30)17-20-4-2-10-29(20)23-25-8-3-9-26-23/h2-6,8-10,14,19,30H,7,11-13,15-17H2,1H3. The molecule has 7 nitrogen and oxygen atoms in total. The van der Waals surface area contributed by atoms with Crippen molar-refractivity contribution in [3.8, 4) is 11.7 Å². The van der Waals surface area contributed by atoms with E-state index in [0.29, 0.717) is 30.2 Å². The van der Waals surface area contributed by atoms with Gasteiger partial charge >= 0.3 is 0 Å². The van der Waals surface area contributed by atoms with E-state index in [1.54, 1.807) is 30.6 Å². The van der Waals surface area contributed by atoms with Crippen LogP contribution in [0.1, 0.15) is 17.7 Å². The average molecular weight is 426 g/mol. The van der Waals surface area contributed by atoms with Crippen molar-refractivity contribution in [3.05, 3.63) is 72.1 Å². The van der Waals surface area contributed by atoms with Gasteiger partial charge in [-0.05, 0) is 30.7 Å². The molecule has 0 aliphatic carbocycles. The summed E-state index contributed by atoms with van der Waals surface area (Å²) >= 11 is 0. The van der Waals surface area contributed by atoms with Gasteiger partial charge in [-0.25, -0.2) is 14.4 Å². The van der Waals surface area contributed by atoms with Gasteiger partial charge in [0.25, 0.3) is 0 Å². The highest BCUT2D eigenvalue weighted by Crippen LogP contribution is 2.22. The molecule has 2 aromatic heterocycles. The highest BCUT2D eigenvalue weighted by Gasteiger charge is 2.28. The molecule has 0 bridgehead atoms. The Kier molecular flexibility index (Phi) is 6.91. The molecule has 1 atom stereocenters. The molecule has 0 spiro atoms. The second-order valence-electron chi connectivity index (χ2n) is 7.75. The van der Waals surface area contributed by atoms with Crippen molar-refractivity contribution < 1.29 is 14.2 Å². The van der Waals surface area contributed by atoms with Crippen LogP contribution in [0.5, 0.6) is 5.75 Å². The Hall–Kier alpha value is -2.81. The first-order chi connectivity index (χ1) is 15.2. The largest absolute Gasteiger partial charge is 0.497 e. The van der Waals surface area contributed by atoms with Crippen molar-refractivity contribution in [2.45, 2.75) is 25.6 Å². The number of hydrogen-bond acceptors (Lipinski definition) is 6. The van der Waals surface area contributed by atoms with Crippen LogP contribution in [0, 0.1) is 5.82 Å². The number of halogens is 1. The van der Waals surface area contributed by atoms with Crippen LogP contribution in [0.25, 0.3) is 5.95 Å². The van der Waals surface area contributed by atoms with E-state index in [9.17, 15) is 9.50 Å². The molecular formula is C23H28FN5O2. The zero-order valence-corrected chi connectivity index (χ0v) is 17.7. The van der Waals surface area contributed by atoms with E-state index in [2.05, 4.69) is 25.8 Å². The van der Waals surface area contributed by atoms with Gasteiger partial charge in [0.2, 0.25) is 5.95 Å². The summed E-state index contributed by atoms with van der Waals surface area (Å²) in [4.78, 5) is 13.3. The molecule has 164 valence electrons. The lowest BCUT2D eigenvalue weighted by Crippen LogP contribution is -2.52. The number of aliphatic hydroxyl groups is 1. The fourth-order valence-electron chi connectivity index (χ4n) is 4.12. The van der Waals surface area contributed by atoms with Crippen molar-refractivity contribution in [2.24, 2.45) is 0 Å². The second kappa shape index (κ2) is 10.00. The predicted octanol–water partition coefficient (Wildman–Crippen LogP) is 2.48. The van der Waals surface area contributed by atoms with Gasteiger partial charge in [-0.15, -0.1) is 0 Å².